The number of carbonyl (C=O) groups is 1. The maximum Gasteiger partial charge on any atom is 0.226 e. The predicted molar refractivity (Wildman–Crippen MR) is 89.1 cm³/mol. The maximum atomic E-state index is 11.9. The number of benzene rings is 1. The van der Waals surface area contributed by atoms with Gasteiger partial charge in [-0.15, -0.1) is 0 Å². The van der Waals surface area contributed by atoms with E-state index in [-0.39, 0.29) is 18.4 Å². The highest BCUT2D eigenvalue weighted by Gasteiger charge is 2.10. The highest BCUT2D eigenvalue weighted by atomic mass is 16.5. The summed E-state index contributed by atoms with van der Waals surface area (Å²) >= 11 is 0. The summed E-state index contributed by atoms with van der Waals surface area (Å²) in [6.45, 7) is 7.28. The number of hydrogen-bond acceptors (Lipinski definition) is 4. The van der Waals surface area contributed by atoms with E-state index < -0.39 is 0 Å². The minimum Gasteiger partial charge on any atom is -0.379 e. The van der Waals surface area contributed by atoms with Crippen molar-refractivity contribution in [2.75, 3.05) is 13.2 Å². The first-order valence-electron chi connectivity index (χ1n) is 7.95. The average Bonchev–Trinajstić information content (AvgIpc) is 2.95. The molecule has 23 heavy (non-hydrogen) atoms. The van der Waals surface area contributed by atoms with Gasteiger partial charge in [0, 0.05) is 24.8 Å². The van der Waals surface area contributed by atoms with Crippen LogP contribution >= 0.6 is 0 Å². The molecule has 124 valence electrons. The molecule has 2 aromatic rings. The molecule has 0 atom stereocenters. The zero-order chi connectivity index (χ0) is 16.7. The van der Waals surface area contributed by atoms with Crippen molar-refractivity contribution in [3.05, 3.63) is 41.6 Å². The topological polar surface area (TPSA) is 64.4 Å². The third-order valence-electron chi connectivity index (χ3n) is 3.33. The summed E-state index contributed by atoms with van der Waals surface area (Å²) in [5.41, 5.74) is 2.78. The van der Waals surface area contributed by atoms with E-state index in [2.05, 4.69) is 10.5 Å². The molecule has 1 aromatic heterocycles. The van der Waals surface area contributed by atoms with Gasteiger partial charge >= 0.3 is 0 Å². The van der Waals surface area contributed by atoms with E-state index >= 15 is 0 Å². The number of aromatic nitrogens is 1. The molecule has 0 bridgehead atoms. The molecule has 0 saturated carbocycles. The average molecular weight is 316 g/mol. The van der Waals surface area contributed by atoms with Crippen molar-refractivity contribution >= 4 is 5.91 Å². The Labute approximate surface area is 137 Å². The largest absolute Gasteiger partial charge is 0.379 e. The van der Waals surface area contributed by atoms with Gasteiger partial charge in [-0.25, -0.2) is 0 Å². The SMILES string of the molecule is Cc1ccc(-c2cc(CC(=O)NCCCOC(C)C)no2)cc1. The van der Waals surface area contributed by atoms with Crippen molar-refractivity contribution in [1.82, 2.24) is 10.5 Å². The summed E-state index contributed by atoms with van der Waals surface area (Å²) in [5.74, 6) is 0.622. The van der Waals surface area contributed by atoms with E-state index in [1.165, 1.54) is 5.56 Å². The van der Waals surface area contributed by atoms with Crippen LogP contribution in [0.4, 0.5) is 0 Å². The van der Waals surface area contributed by atoms with Crippen molar-refractivity contribution in [2.45, 2.75) is 39.7 Å². The van der Waals surface area contributed by atoms with E-state index in [1.54, 1.807) is 0 Å². The minimum absolute atomic E-state index is 0.0571. The zero-order valence-electron chi connectivity index (χ0n) is 14.0. The van der Waals surface area contributed by atoms with Crippen molar-refractivity contribution in [3.8, 4) is 11.3 Å². The molecule has 1 N–H and O–H groups in total. The Hall–Kier alpha value is -2.14. The molecule has 2 rings (SSSR count). The third-order valence-corrected chi connectivity index (χ3v) is 3.33. The van der Waals surface area contributed by atoms with Crippen molar-refractivity contribution in [3.63, 3.8) is 0 Å². The van der Waals surface area contributed by atoms with Crippen LogP contribution in [-0.4, -0.2) is 30.3 Å². The highest BCUT2D eigenvalue weighted by Crippen LogP contribution is 2.20. The number of carbonyl (C=O) groups excluding carboxylic acids is 1. The second-order valence-electron chi connectivity index (χ2n) is 5.85. The van der Waals surface area contributed by atoms with Crippen molar-refractivity contribution < 1.29 is 14.1 Å². The molecule has 5 nitrogen and oxygen atoms in total. The van der Waals surface area contributed by atoms with Gasteiger partial charge in [0.1, 0.15) is 0 Å². The van der Waals surface area contributed by atoms with Crippen LogP contribution in [0, 0.1) is 6.92 Å². The molecular weight excluding hydrogens is 292 g/mol. The van der Waals surface area contributed by atoms with Gasteiger partial charge in [-0.2, -0.15) is 0 Å². The Kier molecular flexibility index (Phi) is 6.35. The van der Waals surface area contributed by atoms with E-state index in [0.29, 0.717) is 24.6 Å². The van der Waals surface area contributed by atoms with Crippen LogP contribution in [-0.2, 0) is 16.0 Å². The van der Waals surface area contributed by atoms with Gasteiger partial charge in [-0.05, 0) is 27.2 Å². The normalized spacial score (nSPS) is 11.0. The van der Waals surface area contributed by atoms with Gasteiger partial charge in [0.05, 0.1) is 18.2 Å². The standard InChI is InChI=1S/C18H24N2O3/c1-13(2)22-10-4-9-19-18(21)12-16-11-17(23-20-16)15-7-5-14(3)6-8-15/h5-8,11,13H,4,9-10,12H2,1-3H3,(H,19,21). The molecule has 0 aliphatic carbocycles. The van der Waals surface area contributed by atoms with Gasteiger partial charge < -0.3 is 14.6 Å². The highest BCUT2D eigenvalue weighted by molar-refractivity contribution is 5.78. The number of ether oxygens (including phenoxy) is 1. The fraction of sp³-hybridized carbons (Fsp3) is 0.444. The van der Waals surface area contributed by atoms with Gasteiger partial charge in [0.25, 0.3) is 0 Å². The fourth-order valence-electron chi connectivity index (χ4n) is 2.10. The number of amides is 1. The van der Waals surface area contributed by atoms with E-state index in [4.69, 9.17) is 9.26 Å². The number of hydrogen-bond donors (Lipinski definition) is 1. The van der Waals surface area contributed by atoms with E-state index in [0.717, 1.165) is 12.0 Å². The summed E-state index contributed by atoms with van der Waals surface area (Å²) in [5, 5.41) is 6.82. The fourth-order valence-corrected chi connectivity index (χ4v) is 2.10. The smallest absolute Gasteiger partial charge is 0.226 e. The zero-order valence-corrected chi connectivity index (χ0v) is 14.0. The Morgan fingerprint density at radius 1 is 1.30 bits per heavy atom. The van der Waals surface area contributed by atoms with Crippen LogP contribution < -0.4 is 5.32 Å². The van der Waals surface area contributed by atoms with Crippen molar-refractivity contribution in [2.24, 2.45) is 0 Å². The summed E-state index contributed by atoms with van der Waals surface area (Å²) in [6.07, 6.45) is 1.25. The molecule has 0 fully saturated rings. The van der Waals surface area contributed by atoms with E-state index in [1.807, 2.05) is 51.1 Å². The Morgan fingerprint density at radius 3 is 2.74 bits per heavy atom. The van der Waals surface area contributed by atoms with Crippen LogP contribution in [0.3, 0.4) is 0 Å². The Bertz CT molecular complexity index is 617. The first kappa shape index (κ1) is 17.2. The Morgan fingerprint density at radius 2 is 2.04 bits per heavy atom. The molecule has 0 aliphatic rings. The molecule has 0 spiro atoms. The quantitative estimate of drug-likeness (QED) is 0.760. The minimum atomic E-state index is -0.0571. The summed E-state index contributed by atoms with van der Waals surface area (Å²) < 4.78 is 10.7. The molecule has 0 aliphatic heterocycles. The Balaban J connectivity index is 1.77. The van der Waals surface area contributed by atoms with Crippen LogP contribution in [0.15, 0.2) is 34.9 Å². The molecule has 1 amide bonds. The van der Waals surface area contributed by atoms with Crippen LogP contribution in [0.1, 0.15) is 31.5 Å². The summed E-state index contributed by atoms with van der Waals surface area (Å²) in [6, 6.07) is 9.81. The second-order valence-corrected chi connectivity index (χ2v) is 5.85. The first-order chi connectivity index (χ1) is 11.0. The van der Waals surface area contributed by atoms with Crippen LogP contribution in [0.2, 0.25) is 0 Å². The lowest BCUT2D eigenvalue weighted by atomic mass is 10.1. The van der Waals surface area contributed by atoms with E-state index in [9.17, 15) is 4.79 Å². The lowest BCUT2D eigenvalue weighted by molar-refractivity contribution is -0.120. The van der Waals surface area contributed by atoms with Crippen LogP contribution in [0.25, 0.3) is 11.3 Å². The number of nitrogens with zero attached hydrogens (tertiary/aromatic N) is 1. The molecular formula is C18H24N2O3. The summed E-state index contributed by atoms with van der Waals surface area (Å²) in [7, 11) is 0. The maximum absolute atomic E-state index is 11.9. The van der Waals surface area contributed by atoms with Crippen molar-refractivity contribution in [1.29, 1.82) is 0 Å². The molecule has 0 saturated heterocycles. The number of rotatable bonds is 8. The molecule has 1 heterocycles. The lowest BCUT2D eigenvalue weighted by Gasteiger charge is -2.07. The number of nitrogens with one attached hydrogen (secondary N) is 1. The first-order valence-corrected chi connectivity index (χ1v) is 7.95. The van der Waals surface area contributed by atoms with Gasteiger partial charge in [0.15, 0.2) is 5.76 Å². The van der Waals surface area contributed by atoms with Gasteiger partial charge in [-0.3, -0.25) is 4.79 Å². The monoisotopic (exact) mass is 316 g/mol. The second kappa shape index (κ2) is 8.48. The van der Waals surface area contributed by atoms with Crippen LogP contribution in [0.5, 0.6) is 0 Å². The molecule has 0 radical (unpaired) electrons. The predicted octanol–water partition coefficient (Wildman–Crippen LogP) is 3.12. The third kappa shape index (κ3) is 5.87. The van der Waals surface area contributed by atoms with Gasteiger partial charge in [0.2, 0.25) is 5.91 Å². The summed E-state index contributed by atoms with van der Waals surface area (Å²) in [4.78, 5) is 11.9. The molecule has 1 aromatic carbocycles. The lowest BCUT2D eigenvalue weighted by Crippen LogP contribution is -2.27. The number of aryl methyl sites for hydroxylation is 1. The van der Waals surface area contributed by atoms with Gasteiger partial charge in [-0.1, -0.05) is 35.0 Å². The molecule has 0 unspecified atom stereocenters. The molecule has 5 heteroatoms.